The molecule has 8 heteroatoms. The number of anilines is 1. The molecule has 0 saturated heterocycles. The van der Waals surface area contributed by atoms with E-state index in [0.717, 1.165) is 11.1 Å². The van der Waals surface area contributed by atoms with Crippen LogP contribution in [0.4, 0.5) is 5.69 Å². The van der Waals surface area contributed by atoms with E-state index in [9.17, 15) is 8.42 Å². The van der Waals surface area contributed by atoms with Gasteiger partial charge in [0.05, 0.1) is 22.5 Å². The lowest BCUT2D eigenvalue weighted by Gasteiger charge is -2.26. The number of hydrogen-bond donors (Lipinski definition) is 2. The zero-order chi connectivity index (χ0) is 21.2. The second kappa shape index (κ2) is 8.18. The Bertz CT molecular complexity index is 1100. The number of sulfonamides is 1. The first-order chi connectivity index (χ1) is 13.6. The third kappa shape index (κ3) is 4.63. The van der Waals surface area contributed by atoms with Gasteiger partial charge in [-0.3, -0.25) is 4.72 Å². The molecule has 0 unspecified atom stereocenters. The van der Waals surface area contributed by atoms with Crippen LogP contribution >= 0.6 is 11.6 Å². The zero-order valence-corrected chi connectivity index (χ0v) is 18.5. The van der Waals surface area contributed by atoms with E-state index in [1.165, 1.54) is 0 Å². The van der Waals surface area contributed by atoms with Crippen molar-refractivity contribution in [1.82, 2.24) is 15.1 Å². The Balaban J connectivity index is 2.19. The summed E-state index contributed by atoms with van der Waals surface area (Å²) in [6.45, 7) is 6.75. The lowest BCUT2D eigenvalue weighted by Crippen LogP contribution is -2.20. The van der Waals surface area contributed by atoms with Crippen LogP contribution in [-0.4, -0.2) is 25.2 Å². The van der Waals surface area contributed by atoms with E-state index in [-0.39, 0.29) is 10.3 Å². The Hall–Kier alpha value is -2.35. The summed E-state index contributed by atoms with van der Waals surface area (Å²) in [6, 6.07) is 11.7. The molecule has 3 aromatic rings. The van der Waals surface area contributed by atoms with Crippen molar-refractivity contribution in [3.05, 3.63) is 71.0 Å². The fourth-order valence-electron chi connectivity index (χ4n) is 3.18. The third-order valence-electron chi connectivity index (χ3n) is 4.42. The van der Waals surface area contributed by atoms with Crippen molar-refractivity contribution < 1.29 is 8.42 Å². The van der Waals surface area contributed by atoms with Crippen LogP contribution in [0, 0.1) is 0 Å². The molecule has 154 valence electrons. The van der Waals surface area contributed by atoms with Crippen LogP contribution in [-0.2, 0) is 22.0 Å². The average molecular weight is 433 g/mol. The van der Waals surface area contributed by atoms with E-state index in [0.29, 0.717) is 22.9 Å². The van der Waals surface area contributed by atoms with Gasteiger partial charge in [-0.2, -0.15) is 5.10 Å². The van der Waals surface area contributed by atoms with Crippen LogP contribution in [0.15, 0.2) is 59.8 Å². The summed E-state index contributed by atoms with van der Waals surface area (Å²) in [5.74, 6) is 0. The molecule has 0 spiro atoms. The Labute approximate surface area is 177 Å². The first kappa shape index (κ1) is 21.4. The van der Waals surface area contributed by atoms with E-state index in [4.69, 9.17) is 11.6 Å². The van der Waals surface area contributed by atoms with Gasteiger partial charge in [0.25, 0.3) is 10.0 Å². The summed E-state index contributed by atoms with van der Waals surface area (Å²) in [5, 5.41) is 8.11. The van der Waals surface area contributed by atoms with Gasteiger partial charge in [0, 0.05) is 28.9 Å². The first-order valence-electron chi connectivity index (χ1n) is 9.23. The molecule has 0 aliphatic heterocycles. The molecule has 29 heavy (non-hydrogen) atoms. The molecule has 0 atom stereocenters. The first-order valence-corrected chi connectivity index (χ1v) is 11.1. The van der Waals surface area contributed by atoms with Gasteiger partial charge in [-0.1, -0.05) is 50.6 Å². The van der Waals surface area contributed by atoms with E-state index < -0.39 is 10.0 Å². The van der Waals surface area contributed by atoms with Crippen LogP contribution in [0.25, 0.3) is 5.69 Å². The predicted octanol–water partition coefficient (Wildman–Crippen LogP) is 4.34. The van der Waals surface area contributed by atoms with Gasteiger partial charge in [0.2, 0.25) is 0 Å². The van der Waals surface area contributed by atoms with Gasteiger partial charge in [0.15, 0.2) is 0 Å². The van der Waals surface area contributed by atoms with Crippen molar-refractivity contribution in [3.63, 3.8) is 0 Å². The maximum Gasteiger partial charge on any atom is 0.261 e. The van der Waals surface area contributed by atoms with Crippen molar-refractivity contribution in [2.45, 2.75) is 37.6 Å². The Kier molecular flexibility index (Phi) is 6.03. The number of benzene rings is 2. The maximum atomic E-state index is 13.0. The zero-order valence-electron chi connectivity index (χ0n) is 16.9. The van der Waals surface area contributed by atoms with Crippen molar-refractivity contribution in [2.24, 2.45) is 0 Å². The molecule has 0 aliphatic rings. The number of hydrogen-bond acceptors (Lipinski definition) is 4. The highest BCUT2D eigenvalue weighted by Crippen LogP contribution is 2.39. The van der Waals surface area contributed by atoms with Crippen molar-refractivity contribution in [2.75, 3.05) is 11.8 Å². The molecular formula is C21H25ClN4O2S. The van der Waals surface area contributed by atoms with E-state index in [1.54, 1.807) is 53.3 Å². The maximum absolute atomic E-state index is 13.0. The number of rotatable bonds is 6. The summed E-state index contributed by atoms with van der Waals surface area (Å²) in [7, 11) is -1.91. The monoisotopic (exact) mass is 432 g/mol. The molecule has 0 aliphatic carbocycles. The van der Waals surface area contributed by atoms with Gasteiger partial charge in [-0.25, -0.2) is 13.1 Å². The van der Waals surface area contributed by atoms with Gasteiger partial charge < -0.3 is 5.32 Å². The minimum absolute atomic E-state index is 0.189. The quantitative estimate of drug-likeness (QED) is 0.607. The molecular weight excluding hydrogens is 408 g/mol. The molecule has 6 nitrogen and oxygen atoms in total. The Morgan fingerprint density at radius 1 is 1.10 bits per heavy atom. The molecule has 2 N–H and O–H groups in total. The second-order valence-corrected chi connectivity index (χ2v) is 9.90. The van der Waals surface area contributed by atoms with Gasteiger partial charge >= 0.3 is 0 Å². The largest absolute Gasteiger partial charge is 0.316 e. The highest BCUT2D eigenvalue weighted by atomic mass is 35.5. The normalized spacial score (nSPS) is 12.2. The van der Waals surface area contributed by atoms with Crippen molar-refractivity contribution in [1.29, 1.82) is 0 Å². The van der Waals surface area contributed by atoms with Crippen LogP contribution in [0.5, 0.6) is 0 Å². The van der Waals surface area contributed by atoms with E-state index in [2.05, 4.69) is 15.1 Å². The summed E-state index contributed by atoms with van der Waals surface area (Å²) in [6.07, 6.45) is 3.62. The Morgan fingerprint density at radius 3 is 2.41 bits per heavy atom. The lowest BCUT2D eigenvalue weighted by atomic mass is 9.85. The summed E-state index contributed by atoms with van der Waals surface area (Å²) < 4.78 is 30.3. The lowest BCUT2D eigenvalue weighted by molar-refractivity contribution is 0.583. The summed E-state index contributed by atoms with van der Waals surface area (Å²) in [5.41, 5.74) is 2.49. The van der Waals surface area contributed by atoms with Crippen molar-refractivity contribution in [3.8, 4) is 5.69 Å². The predicted molar refractivity (Wildman–Crippen MR) is 117 cm³/mol. The Morgan fingerprint density at radius 2 is 1.79 bits per heavy atom. The SMILES string of the molecule is CNCc1cnn(-c2c(NS(=O)(=O)c3ccccc3)ccc(Cl)c2C(C)(C)C)c1. The van der Waals surface area contributed by atoms with Gasteiger partial charge in [-0.15, -0.1) is 0 Å². The molecule has 0 radical (unpaired) electrons. The van der Waals surface area contributed by atoms with Crippen molar-refractivity contribution >= 4 is 27.3 Å². The fourth-order valence-corrected chi connectivity index (χ4v) is 4.70. The molecule has 1 aromatic heterocycles. The minimum atomic E-state index is -3.77. The number of nitrogens with one attached hydrogen (secondary N) is 2. The average Bonchev–Trinajstić information content (AvgIpc) is 3.11. The number of nitrogens with zero attached hydrogens (tertiary/aromatic N) is 2. The molecule has 1 heterocycles. The minimum Gasteiger partial charge on any atom is -0.316 e. The van der Waals surface area contributed by atoms with Crippen LogP contribution < -0.4 is 10.0 Å². The topological polar surface area (TPSA) is 76.0 Å². The van der Waals surface area contributed by atoms with Gasteiger partial charge in [0.1, 0.15) is 0 Å². The van der Waals surface area contributed by atoms with Gasteiger partial charge in [-0.05, 0) is 36.7 Å². The summed E-state index contributed by atoms with van der Waals surface area (Å²) in [4.78, 5) is 0.189. The fraction of sp³-hybridized carbons (Fsp3) is 0.286. The number of halogens is 1. The molecule has 0 bridgehead atoms. The molecule has 3 rings (SSSR count). The third-order valence-corrected chi connectivity index (χ3v) is 6.12. The molecule has 0 saturated carbocycles. The highest BCUT2D eigenvalue weighted by molar-refractivity contribution is 7.92. The highest BCUT2D eigenvalue weighted by Gasteiger charge is 2.27. The van der Waals surface area contributed by atoms with E-state index >= 15 is 0 Å². The van der Waals surface area contributed by atoms with Crippen LogP contribution in [0.3, 0.4) is 0 Å². The smallest absolute Gasteiger partial charge is 0.261 e. The van der Waals surface area contributed by atoms with E-state index in [1.807, 2.05) is 34.0 Å². The summed E-state index contributed by atoms with van der Waals surface area (Å²) >= 11 is 6.56. The van der Waals surface area contributed by atoms with Crippen LogP contribution in [0.1, 0.15) is 31.9 Å². The van der Waals surface area contributed by atoms with Crippen LogP contribution in [0.2, 0.25) is 5.02 Å². The molecule has 2 aromatic carbocycles. The standard InChI is InChI=1S/C21H25ClN4O2S/c1-21(2,3)19-17(22)10-11-18(20(19)26-14-15(12-23-4)13-24-26)25-29(27,28)16-8-6-5-7-9-16/h5-11,13-14,23,25H,12H2,1-4H3. The molecule has 0 amide bonds. The number of aromatic nitrogens is 2. The molecule has 0 fully saturated rings. The second-order valence-electron chi connectivity index (χ2n) is 7.81.